The van der Waals surface area contributed by atoms with Crippen LogP contribution in [0.4, 0.5) is 0 Å². The number of hydrogen-bond donors (Lipinski definition) is 0. The molecule has 3 heterocycles. The van der Waals surface area contributed by atoms with E-state index in [-0.39, 0.29) is 12.2 Å². The summed E-state index contributed by atoms with van der Waals surface area (Å²) in [6.45, 7) is 0. The van der Waals surface area contributed by atoms with Crippen molar-refractivity contribution in [1.82, 2.24) is 0 Å². The molecule has 3 aliphatic heterocycles. The lowest BCUT2D eigenvalue weighted by Crippen LogP contribution is -2.45. The van der Waals surface area contributed by atoms with Crippen LogP contribution in [0.15, 0.2) is 121 Å². The van der Waals surface area contributed by atoms with Crippen molar-refractivity contribution >= 4 is 27.3 Å². The van der Waals surface area contributed by atoms with Crippen LogP contribution in [0.2, 0.25) is 0 Å². The second-order valence-electron chi connectivity index (χ2n) is 10.2. The molecule has 0 saturated carbocycles. The van der Waals surface area contributed by atoms with Gasteiger partial charge in [-0.05, 0) is 44.8 Å². The molecule has 8 rings (SSSR count). The van der Waals surface area contributed by atoms with Crippen molar-refractivity contribution in [2.24, 2.45) is 0 Å². The highest BCUT2D eigenvalue weighted by Gasteiger charge is 2.56. The topological polar surface area (TPSA) is 54.0 Å². The molecule has 5 nitrogen and oxygen atoms in total. The molecule has 1 spiro atoms. The maximum Gasteiger partial charge on any atom is 0.331 e. The predicted molar refractivity (Wildman–Crippen MR) is 147 cm³/mol. The number of hydrogen-bond acceptors (Lipinski definition) is 5. The van der Waals surface area contributed by atoms with Gasteiger partial charge in [0.1, 0.15) is 30.3 Å². The maximum absolute atomic E-state index is 13.2. The molecule has 0 N–H and O–H groups in total. The summed E-state index contributed by atoms with van der Waals surface area (Å²) >= 11 is 0. The van der Waals surface area contributed by atoms with Crippen molar-refractivity contribution in [3.8, 4) is 5.75 Å². The average molecular weight is 513 g/mol. The lowest BCUT2D eigenvalue weighted by Gasteiger charge is -2.37. The van der Waals surface area contributed by atoms with Crippen LogP contribution < -0.4 is 4.74 Å². The zero-order chi connectivity index (χ0) is 26.0. The SMILES string of the molecule is O=C1C2=COC3(C[C@H]2Oc2ccccc21)O[C@@H](c1cccc2ccccc12)[C@H](c1cccc2ccccc12)O3. The van der Waals surface area contributed by atoms with Crippen LogP contribution in [0.3, 0.4) is 0 Å². The largest absolute Gasteiger partial charge is 0.484 e. The van der Waals surface area contributed by atoms with Crippen molar-refractivity contribution in [3.63, 3.8) is 0 Å². The van der Waals surface area contributed by atoms with Crippen LogP contribution in [0, 0.1) is 0 Å². The molecule has 0 bridgehead atoms. The Labute approximate surface area is 225 Å². The minimum atomic E-state index is -1.41. The van der Waals surface area contributed by atoms with E-state index in [1.807, 2.05) is 54.6 Å². The Morgan fingerprint density at radius 3 is 1.87 bits per heavy atom. The fourth-order valence-electron chi connectivity index (χ4n) is 6.13. The third kappa shape index (κ3) is 3.51. The molecule has 1 fully saturated rings. The highest BCUT2D eigenvalue weighted by atomic mass is 16.9. The summed E-state index contributed by atoms with van der Waals surface area (Å²) in [5.74, 6) is -0.939. The Balaban J connectivity index is 1.25. The molecule has 3 aliphatic rings. The van der Waals surface area contributed by atoms with Gasteiger partial charge in [0.25, 0.3) is 0 Å². The number of carbonyl (C=O) groups excluding carboxylic acids is 1. The summed E-state index contributed by atoms with van der Waals surface area (Å²) in [6.07, 6.45) is 0.243. The first kappa shape index (κ1) is 22.5. The second-order valence-corrected chi connectivity index (χ2v) is 10.2. The van der Waals surface area contributed by atoms with Gasteiger partial charge in [0.15, 0.2) is 5.78 Å². The Bertz CT molecular complexity index is 1710. The van der Waals surface area contributed by atoms with Crippen LogP contribution in [-0.2, 0) is 14.2 Å². The highest BCUT2D eigenvalue weighted by Crippen LogP contribution is 2.54. The van der Waals surface area contributed by atoms with Gasteiger partial charge in [-0.1, -0.05) is 97.1 Å². The molecule has 0 radical (unpaired) electrons. The monoisotopic (exact) mass is 512 g/mol. The second kappa shape index (κ2) is 8.53. The van der Waals surface area contributed by atoms with E-state index in [1.54, 1.807) is 6.07 Å². The van der Waals surface area contributed by atoms with E-state index in [0.29, 0.717) is 16.9 Å². The number of fused-ring (bicyclic) bond motifs is 4. The van der Waals surface area contributed by atoms with Gasteiger partial charge in [0.2, 0.25) is 0 Å². The van der Waals surface area contributed by atoms with E-state index in [1.165, 1.54) is 6.26 Å². The molecular formula is C34H24O5. The summed E-state index contributed by atoms with van der Waals surface area (Å²) in [5.41, 5.74) is 3.05. The van der Waals surface area contributed by atoms with Gasteiger partial charge in [-0.25, -0.2) is 0 Å². The van der Waals surface area contributed by atoms with E-state index in [9.17, 15) is 4.79 Å². The molecule has 0 unspecified atom stereocenters. The maximum atomic E-state index is 13.2. The van der Waals surface area contributed by atoms with Crippen molar-refractivity contribution in [1.29, 1.82) is 0 Å². The lowest BCUT2D eigenvalue weighted by molar-refractivity contribution is -0.334. The quantitative estimate of drug-likeness (QED) is 0.246. The zero-order valence-corrected chi connectivity index (χ0v) is 21.0. The molecule has 0 aliphatic carbocycles. The number of ketones is 1. The lowest BCUT2D eigenvalue weighted by atomic mass is 9.91. The van der Waals surface area contributed by atoms with Crippen LogP contribution in [0.1, 0.15) is 40.1 Å². The van der Waals surface area contributed by atoms with Crippen LogP contribution >= 0.6 is 0 Å². The minimum absolute atomic E-state index is 0.0918. The molecule has 39 heavy (non-hydrogen) atoms. The van der Waals surface area contributed by atoms with Crippen molar-refractivity contribution in [2.45, 2.75) is 30.7 Å². The number of rotatable bonds is 2. The molecular weight excluding hydrogens is 488 g/mol. The van der Waals surface area contributed by atoms with Crippen molar-refractivity contribution < 1.29 is 23.7 Å². The van der Waals surface area contributed by atoms with E-state index in [2.05, 4.69) is 48.5 Å². The standard InChI is InChI=1S/C34H24O5/c35-31-27-15-5-6-18-29(27)37-30-19-34(36-20-28(30)31)38-32(25-16-7-11-21-9-1-3-13-23(21)25)33(39-34)26-17-8-12-22-10-2-4-14-24(22)26/h1-18,20,30,32-33H,19H2/t30-,32+,33+/m1/s1. The van der Waals surface area contributed by atoms with Gasteiger partial charge in [0.05, 0.1) is 17.6 Å². The Morgan fingerprint density at radius 1 is 0.641 bits per heavy atom. The Hall–Kier alpha value is -4.45. The van der Waals surface area contributed by atoms with Gasteiger partial charge in [-0.3, -0.25) is 4.79 Å². The van der Waals surface area contributed by atoms with E-state index < -0.39 is 24.3 Å². The van der Waals surface area contributed by atoms with Crippen molar-refractivity contribution in [3.05, 3.63) is 138 Å². The molecule has 0 amide bonds. The minimum Gasteiger partial charge on any atom is -0.484 e. The number of benzene rings is 5. The summed E-state index contributed by atoms with van der Waals surface area (Å²) in [4.78, 5) is 13.2. The molecule has 5 heteroatoms. The number of carbonyl (C=O) groups is 1. The fraction of sp³-hybridized carbons (Fsp3) is 0.147. The molecule has 0 aromatic heterocycles. The smallest absolute Gasteiger partial charge is 0.331 e. The summed E-state index contributed by atoms with van der Waals surface area (Å²) in [5, 5.41) is 4.45. The summed E-state index contributed by atoms with van der Waals surface area (Å²) in [7, 11) is 0. The van der Waals surface area contributed by atoms with Crippen LogP contribution in [-0.4, -0.2) is 17.9 Å². The van der Waals surface area contributed by atoms with E-state index >= 15 is 0 Å². The Kier molecular flexibility index (Phi) is 4.93. The first-order valence-electron chi connectivity index (χ1n) is 13.2. The summed E-state index contributed by atoms with van der Waals surface area (Å²) in [6, 6.07) is 36.3. The molecule has 190 valence electrons. The zero-order valence-electron chi connectivity index (χ0n) is 21.0. The number of Topliss-reactive ketones (excluding diaryl/α,β-unsaturated/α-hetero) is 1. The Morgan fingerprint density at radius 2 is 1.21 bits per heavy atom. The molecule has 1 saturated heterocycles. The molecule has 3 atom stereocenters. The van der Waals surface area contributed by atoms with Crippen LogP contribution in [0.5, 0.6) is 5.75 Å². The number of ether oxygens (including phenoxy) is 4. The number of para-hydroxylation sites is 1. The predicted octanol–water partition coefficient (Wildman–Crippen LogP) is 7.42. The fourth-order valence-corrected chi connectivity index (χ4v) is 6.13. The van der Waals surface area contributed by atoms with Gasteiger partial charge < -0.3 is 18.9 Å². The first-order chi connectivity index (χ1) is 19.2. The van der Waals surface area contributed by atoms with Gasteiger partial charge >= 0.3 is 5.97 Å². The summed E-state index contributed by atoms with van der Waals surface area (Å²) < 4.78 is 26.1. The molecule has 5 aromatic carbocycles. The van der Waals surface area contributed by atoms with Gasteiger partial charge in [-0.15, -0.1) is 0 Å². The van der Waals surface area contributed by atoms with Crippen LogP contribution in [0.25, 0.3) is 21.5 Å². The van der Waals surface area contributed by atoms with Gasteiger partial charge in [0, 0.05) is 0 Å². The third-order valence-corrected chi connectivity index (χ3v) is 7.96. The normalized spacial score (nSPS) is 23.1. The molecule has 5 aromatic rings. The highest BCUT2D eigenvalue weighted by molar-refractivity contribution is 6.12. The van der Waals surface area contributed by atoms with Crippen molar-refractivity contribution in [2.75, 3.05) is 0 Å². The van der Waals surface area contributed by atoms with E-state index in [4.69, 9.17) is 18.9 Å². The first-order valence-corrected chi connectivity index (χ1v) is 13.2. The van der Waals surface area contributed by atoms with Gasteiger partial charge in [-0.2, -0.15) is 0 Å². The third-order valence-electron chi connectivity index (χ3n) is 7.96. The van der Waals surface area contributed by atoms with E-state index in [0.717, 1.165) is 32.7 Å². The average Bonchev–Trinajstić information content (AvgIpc) is 3.34.